The monoisotopic (exact) mass is 330 g/mol. The number of nitrogens with zero attached hydrogens (tertiary/aromatic N) is 2. The predicted octanol–water partition coefficient (Wildman–Crippen LogP) is 2.17. The first kappa shape index (κ1) is 17.7. The second kappa shape index (κ2) is 7.29. The Kier molecular flexibility index (Phi) is 5.39. The van der Waals surface area contributed by atoms with Crippen LogP contribution in [0.25, 0.3) is 5.70 Å². The third-order valence-electron chi connectivity index (χ3n) is 4.28. The first-order valence-electron chi connectivity index (χ1n) is 7.96. The molecule has 0 saturated heterocycles. The van der Waals surface area contributed by atoms with Gasteiger partial charge in [0.2, 0.25) is 5.91 Å². The van der Waals surface area contributed by atoms with Crippen molar-refractivity contribution in [1.82, 2.24) is 9.80 Å². The summed E-state index contributed by atoms with van der Waals surface area (Å²) in [5, 5.41) is 9.20. The highest BCUT2D eigenvalue weighted by Gasteiger charge is 2.40. The van der Waals surface area contributed by atoms with Crippen LogP contribution >= 0.6 is 0 Å². The van der Waals surface area contributed by atoms with E-state index in [-0.39, 0.29) is 17.7 Å². The highest BCUT2D eigenvalue weighted by atomic mass is 16.4. The van der Waals surface area contributed by atoms with E-state index in [1.807, 2.05) is 19.9 Å². The summed E-state index contributed by atoms with van der Waals surface area (Å²) in [4.78, 5) is 39.0. The normalized spacial score (nSPS) is 19.0. The standard InChI is InChI=1S/C18H22N2O4/c1-4-12(2)17-18(24)20(11-16(22)23)15(10-19(17)13(3)21)14-8-6-5-7-9-14/h5-10,12,17H,4,11H2,1-3H3,(H,22,23). The van der Waals surface area contributed by atoms with E-state index in [0.29, 0.717) is 17.7 Å². The van der Waals surface area contributed by atoms with Crippen molar-refractivity contribution >= 4 is 23.5 Å². The molecule has 1 aliphatic heterocycles. The molecule has 1 aromatic rings. The zero-order valence-electron chi connectivity index (χ0n) is 14.1. The Hall–Kier alpha value is -2.63. The molecular weight excluding hydrogens is 308 g/mol. The number of benzene rings is 1. The third kappa shape index (κ3) is 3.48. The molecule has 1 aliphatic rings. The van der Waals surface area contributed by atoms with Crippen LogP contribution in [-0.2, 0) is 14.4 Å². The van der Waals surface area contributed by atoms with Gasteiger partial charge in [0.05, 0.1) is 5.70 Å². The van der Waals surface area contributed by atoms with Gasteiger partial charge in [0.25, 0.3) is 5.91 Å². The molecule has 6 heteroatoms. The number of amides is 2. The van der Waals surface area contributed by atoms with Gasteiger partial charge in [0.1, 0.15) is 12.6 Å². The predicted molar refractivity (Wildman–Crippen MR) is 89.5 cm³/mol. The molecule has 2 amide bonds. The summed E-state index contributed by atoms with van der Waals surface area (Å²) in [6.45, 7) is 4.81. The minimum absolute atomic E-state index is 0.0775. The maximum atomic E-state index is 13.0. The molecule has 0 radical (unpaired) electrons. The van der Waals surface area contributed by atoms with E-state index < -0.39 is 18.6 Å². The van der Waals surface area contributed by atoms with Crippen molar-refractivity contribution in [1.29, 1.82) is 0 Å². The van der Waals surface area contributed by atoms with Crippen LogP contribution in [0.2, 0.25) is 0 Å². The summed E-state index contributed by atoms with van der Waals surface area (Å²) in [6.07, 6.45) is 2.30. The van der Waals surface area contributed by atoms with Gasteiger partial charge in [0, 0.05) is 13.1 Å². The highest BCUT2D eigenvalue weighted by Crippen LogP contribution is 2.30. The van der Waals surface area contributed by atoms with E-state index in [1.54, 1.807) is 30.5 Å². The first-order valence-corrected chi connectivity index (χ1v) is 7.96. The topological polar surface area (TPSA) is 77.9 Å². The lowest BCUT2D eigenvalue weighted by atomic mass is 9.93. The lowest BCUT2D eigenvalue weighted by molar-refractivity contribution is -0.148. The van der Waals surface area contributed by atoms with Crippen molar-refractivity contribution in [3.05, 3.63) is 42.1 Å². The molecule has 6 nitrogen and oxygen atoms in total. The fourth-order valence-electron chi connectivity index (χ4n) is 2.84. The molecule has 1 aromatic carbocycles. The SMILES string of the molecule is CCC(C)C1C(=O)N(CC(=O)O)C(c2ccccc2)=CN1C(C)=O. The van der Waals surface area contributed by atoms with Crippen molar-refractivity contribution in [2.45, 2.75) is 33.2 Å². The van der Waals surface area contributed by atoms with Crippen LogP contribution in [-0.4, -0.2) is 45.3 Å². The Morgan fingerprint density at radius 1 is 1.25 bits per heavy atom. The zero-order chi connectivity index (χ0) is 17.9. The average molecular weight is 330 g/mol. The summed E-state index contributed by atoms with van der Waals surface area (Å²) >= 11 is 0. The molecule has 2 atom stereocenters. The Labute approximate surface area is 141 Å². The molecule has 24 heavy (non-hydrogen) atoms. The van der Waals surface area contributed by atoms with Gasteiger partial charge in [-0.25, -0.2) is 0 Å². The molecule has 2 rings (SSSR count). The quantitative estimate of drug-likeness (QED) is 0.897. The van der Waals surface area contributed by atoms with Crippen molar-refractivity contribution < 1.29 is 19.5 Å². The molecule has 0 saturated carbocycles. The Morgan fingerprint density at radius 2 is 1.88 bits per heavy atom. The van der Waals surface area contributed by atoms with Crippen molar-refractivity contribution in [3.8, 4) is 0 Å². The molecule has 128 valence electrons. The van der Waals surface area contributed by atoms with Gasteiger partial charge in [-0.05, 0) is 11.5 Å². The van der Waals surface area contributed by atoms with Crippen molar-refractivity contribution in [2.75, 3.05) is 6.54 Å². The second-order valence-electron chi connectivity index (χ2n) is 5.96. The average Bonchev–Trinajstić information content (AvgIpc) is 2.55. The van der Waals surface area contributed by atoms with E-state index in [9.17, 15) is 19.5 Å². The van der Waals surface area contributed by atoms with Crippen LogP contribution in [0.4, 0.5) is 0 Å². The Morgan fingerprint density at radius 3 is 2.38 bits per heavy atom. The fraction of sp³-hybridized carbons (Fsp3) is 0.389. The summed E-state index contributed by atoms with van der Waals surface area (Å²) in [5.41, 5.74) is 1.12. The second-order valence-corrected chi connectivity index (χ2v) is 5.96. The fourth-order valence-corrected chi connectivity index (χ4v) is 2.84. The van der Waals surface area contributed by atoms with Crippen LogP contribution in [0.3, 0.4) is 0 Å². The number of carboxylic acid groups (broad SMARTS) is 1. The maximum Gasteiger partial charge on any atom is 0.323 e. The molecular formula is C18H22N2O4. The summed E-state index contributed by atoms with van der Waals surface area (Å²) in [7, 11) is 0. The van der Waals surface area contributed by atoms with Gasteiger partial charge in [-0.2, -0.15) is 0 Å². The smallest absolute Gasteiger partial charge is 0.323 e. The lowest BCUT2D eigenvalue weighted by Crippen LogP contribution is -2.55. The first-order chi connectivity index (χ1) is 11.4. The van der Waals surface area contributed by atoms with Crippen molar-refractivity contribution in [2.24, 2.45) is 5.92 Å². The molecule has 1 heterocycles. The van der Waals surface area contributed by atoms with E-state index >= 15 is 0 Å². The Balaban J connectivity index is 2.57. The zero-order valence-corrected chi connectivity index (χ0v) is 14.1. The number of hydrogen-bond acceptors (Lipinski definition) is 3. The van der Waals surface area contributed by atoms with Crippen LogP contribution in [0.5, 0.6) is 0 Å². The Bertz CT molecular complexity index is 669. The van der Waals surface area contributed by atoms with Gasteiger partial charge in [0.15, 0.2) is 0 Å². The molecule has 0 fully saturated rings. The molecule has 0 bridgehead atoms. The minimum Gasteiger partial charge on any atom is -0.480 e. The number of carbonyl (C=O) groups excluding carboxylic acids is 2. The van der Waals surface area contributed by atoms with Gasteiger partial charge < -0.3 is 10.0 Å². The summed E-state index contributed by atoms with van der Waals surface area (Å²) in [6, 6.07) is 8.34. The molecule has 1 N–H and O–H groups in total. The maximum absolute atomic E-state index is 13.0. The van der Waals surface area contributed by atoms with E-state index in [2.05, 4.69) is 0 Å². The number of rotatable bonds is 5. The van der Waals surface area contributed by atoms with Gasteiger partial charge >= 0.3 is 5.97 Å². The highest BCUT2D eigenvalue weighted by molar-refractivity contribution is 5.98. The largest absolute Gasteiger partial charge is 0.480 e. The van der Waals surface area contributed by atoms with E-state index in [4.69, 9.17) is 0 Å². The summed E-state index contributed by atoms with van der Waals surface area (Å²) in [5.74, 6) is -1.77. The number of hydrogen-bond donors (Lipinski definition) is 1. The minimum atomic E-state index is -1.09. The molecule has 0 aliphatic carbocycles. The molecule has 2 unspecified atom stereocenters. The van der Waals surface area contributed by atoms with Crippen LogP contribution in [0.15, 0.2) is 36.5 Å². The molecule has 0 aromatic heterocycles. The van der Waals surface area contributed by atoms with Crippen LogP contribution in [0, 0.1) is 5.92 Å². The van der Waals surface area contributed by atoms with E-state index in [1.165, 1.54) is 16.7 Å². The third-order valence-corrected chi connectivity index (χ3v) is 4.28. The molecule has 0 spiro atoms. The lowest BCUT2D eigenvalue weighted by Gasteiger charge is -2.40. The van der Waals surface area contributed by atoms with Crippen molar-refractivity contribution in [3.63, 3.8) is 0 Å². The number of aliphatic carboxylic acids is 1. The van der Waals surface area contributed by atoms with Gasteiger partial charge in [-0.3, -0.25) is 19.3 Å². The van der Waals surface area contributed by atoms with Crippen LogP contribution < -0.4 is 0 Å². The summed E-state index contributed by atoms with van der Waals surface area (Å²) < 4.78 is 0. The number of carbonyl (C=O) groups is 3. The number of carboxylic acids is 1. The van der Waals surface area contributed by atoms with Crippen LogP contribution in [0.1, 0.15) is 32.8 Å². The van der Waals surface area contributed by atoms with E-state index in [0.717, 1.165) is 0 Å². The van der Waals surface area contributed by atoms with Gasteiger partial charge in [-0.15, -0.1) is 0 Å². The van der Waals surface area contributed by atoms with Gasteiger partial charge in [-0.1, -0.05) is 50.6 Å².